The fraction of sp³-hybridized carbons (Fsp3) is 0.0769. The minimum absolute atomic E-state index is 0.0120. The van der Waals surface area contributed by atoms with E-state index in [-0.39, 0.29) is 16.5 Å². The van der Waals surface area contributed by atoms with Crippen molar-refractivity contribution in [2.75, 3.05) is 0 Å². The van der Waals surface area contributed by atoms with E-state index >= 15 is 0 Å². The molecule has 0 spiro atoms. The molecule has 4 nitrogen and oxygen atoms in total. The minimum atomic E-state index is -0.0545. The van der Waals surface area contributed by atoms with Crippen LogP contribution in [0.3, 0.4) is 0 Å². The number of nitriles is 2. The number of hydrogen-bond acceptors (Lipinski definition) is 5. The molecule has 2 rings (SSSR count). The van der Waals surface area contributed by atoms with Gasteiger partial charge in [-0.15, -0.1) is 0 Å². The highest BCUT2D eigenvalue weighted by molar-refractivity contribution is 7.99. The van der Waals surface area contributed by atoms with E-state index < -0.39 is 0 Å². The number of aryl methyl sites for hydroxylation is 1. The van der Waals surface area contributed by atoms with Gasteiger partial charge in [-0.3, -0.25) is 0 Å². The summed E-state index contributed by atoms with van der Waals surface area (Å²) in [6.45, 7) is 1.98. The Kier molecular flexibility index (Phi) is 4.01. The van der Waals surface area contributed by atoms with Crippen LogP contribution >= 0.6 is 23.4 Å². The van der Waals surface area contributed by atoms with Crippen LogP contribution in [0.5, 0.6) is 0 Å². The van der Waals surface area contributed by atoms with Gasteiger partial charge >= 0.3 is 0 Å². The van der Waals surface area contributed by atoms with Crippen molar-refractivity contribution in [2.45, 2.75) is 16.8 Å². The quantitative estimate of drug-likeness (QED) is 0.846. The van der Waals surface area contributed by atoms with Crippen LogP contribution in [0.2, 0.25) is 5.15 Å². The maximum atomic E-state index is 8.92. The Morgan fingerprint density at radius 3 is 2.47 bits per heavy atom. The fourth-order valence-electron chi connectivity index (χ4n) is 1.41. The molecule has 6 heteroatoms. The lowest BCUT2D eigenvalue weighted by Gasteiger charge is -2.04. The van der Waals surface area contributed by atoms with Gasteiger partial charge in [-0.2, -0.15) is 10.5 Å². The second-order valence-electron chi connectivity index (χ2n) is 3.66. The molecule has 0 aliphatic heterocycles. The van der Waals surface area contributed by atoms with Crippen LogP contribution in [0.25, 0.3) is 0 Å². The molecule has 19 heavy (non-hydrogen) atoms. The average Bonchev–Trinajstić information content (AvgIpc) is 2.40. The van der Waals surface area contributed by atoms with Gasteiger partial charge in [0.25, 0.3) is 0 Å². The standard InChI is InChI=1S/C13H7ClN4S/c1-8-3-2-4-9(5-8)19-13-12(14)17-10(6-15)11(7-16)18-13/h2-5H,1H3. The monoisotopic (exact) mass is 286 g/mol. The van der Waals surface area contributed by atoms with E-state index in [9.17, 15) is 0 Å². The Morgan fingerprint density at radius 1 is 1.16 bits per heavy atom. The lowest BCUT2D eigenvalue weighted by Crippen LogP contribution is -1.97. The molecular weight excluding hydrogens is 280 g/mol. The number of rotatable bonds is 2. The molecule has 0 amide bonds. The highest BCUT2D eigenvalue weighted by Crippen LogP contribution is 2.31. The number of benzene rings is 1. The van der Waals surface area contributed by atoms with Gasteiger partial charge in [-0.05, 0) is 19.1 Å². The summed E-state index contributed by atoms with van der Waals surface area (Å²) in [6.07, 6.45) is 0. The largest absolute Gasteiger partial charge is 0.224 e. The fourth-order valence-corrected chi connectivity index (χ4v) is 2.53. The van der Waals surface area contributed by atoms with E-state index in [4.69, 9.17) is 22.1 Å². The van der Waals surface area contributed by atoms with Gasteiger partial charge in [-0.25, -0.2) is 9.97 Å². The summed E-state index contributed by atoms with van der Waals surface area (Å²) in [5, 5.41) is 18.3. The molecule has 0 aliphatic carbocycles. The molecule has 0 aliphatic rings. The van der Waals surface area contributed by atoms with Crippen LogP contribution in [0.4, 0.5) is 0 Å². The SMILES string of the molecule is Cc1cccc(Sc2nc(C#N)c(C#N)nc2Cl)c1. The summed E-state index contributed by atoms with van der Waals surface area (Å²) < 4.78 is 0. The molecule has 0 atom stereocenters. The highest BCUT2D eigenvalue weighted by Gasteiger charge is 2.13. The van der Waals surface area contributed by atoms with Gasteiger partial charge in [0.1, 0.15) is 17.2 Å². The van der Waals surface area contributed by atoms with Crippen LogP contribution < -0.4 is 0 Å². The second-order valence-corrected chi connectivity index (χ2v) is 5.08. The molecule has 1 aromatic heterocycles. The van der Waals surface area contributed by atoms with Gasteiger partial charge in [0.15, 0.2) is 16.5 Å². The van der Waals surface area contributed by atoms with Crippen molar-refractivity contribution in [3.8, 4) is 12.1 Å². The topological polar surface area (TPSA) is 73.4 Å². The molecule has 0 N–H and O–H groups in total. The zero-order chi connectivity index (χ0) is 13.8. The Morgan fingerprint density at radius 2 is 1.84 bits per heavy atom. The number of nitrogens with zero attached hydrogens (tertiary/aromatic N) is 4. The van der Waals surface area contributed by atoms with E-state index in [1.54, 1.807) is 6.07 Å². The summed E-state index contributed by atoms with van der Waals surface area (Å²) in [6, 6.07) is 11.4. The number of halogens is 1. The maximum absolute atomic E-state index is 8.92. The summed E-state index contributed by atoms with van der Waals surface area (Å²) in [5.74, 6) is 0. The Hall–Kier alpha value is -2.08. The molecular formula is C13H7ClN4S. The van der Waals surface area contributed by atoms with E-state index in [1.165, 1.54) is 11.8 Å². The number of hydrogen-bond donors (Lipinski definition) is 0. The van der Waals surface area contributed by atoms with E-state index in [0.717, 1.165) is 10.5 Å². The molecule has 92 valence electrons. The first-order valence-corrected chi connectivity index (χ1v) is 6.45. The van der Waals surface area contributed by atoms with Gasteiger partial charge in [-0.1, -0.05) is 41.1 Å². The smallest absolute Gasteiger partial charge is 0.178 e. The molecule has 0 saturated carbocycles. The Labute approximate surface area is 119 Å². The van der Waals surface area contributed by atoms with Crippen LogP contribution in [0.15, 0.2) is 34.2 Å². The van der Waals surface area contributed by atoms with Crippen LogP contribution in [-0.2, 0) is 0 Å². The molecule has 0 radical (unpaired) electrons. The van der Waals surface area contributed by atoms with Gasteiger partial charge in [0.2, 0.25) is 0 Å². The lowest BCUT2D eigenvalue weighted by molar-refractivity contribution is 1.01. The molecule has 1 aromatic carbocycles. The lowest BCUT2D eigenvalue weighted by atomic mass is 10.2. The summed E-state index contributed by atoms with van der Waals surface area (Å²) in [4.78, 5) is 8.90. The van der Waals surface area contributed by atoms with Crippen molar-refractivity contribution in [2.24, 2.45) is 0 Å². The van der Waals surface area contributed by atoms with Crippen molar-refractivity contribution in [3.05, 3.63) is 46.4 Å². The van der Waals surface area contributed by atoms with Crippen molar-refractivity contribution >= 4 is 23.4 Å². The Balaban J connectivity index is 2.42. The number of aromatic nitrogens is 2. The first-order chi connectivity index (χ1) is 9.13. The molecule has 0 unspecified atom stereocenters. The molecule has 0 fully saturated rings. The molecule has 2 aromatic rings. The minimum Gasteiger partial charge on any atom is -0.224 e. The van der Waals surface area contributed by atoms with Gasteiger partial charge in [0.05, 0.1) is 0 Å². The predicted molar refractivity (Wildman–Crippen MR) is 71.8 cm³/mol. The molecule has 1 heterocycles. The summed E-state index contributed by atoms with van der Waals surface area (Å²) >= 11 is 7.28. The van der Waals surface area contributed by atoms with Crippen molar-refractivity contribution in [3.63, 3.8) is 0 Å². The van der Waals surface area contributed by atoms with Crippen LogP contribution in [0, 0.1) is 29.6 Å². The second kappa shape index (κ2) is 5.71. The van der Waals surface area contributed by atoms with E-state index in [1.807, 2.05) is 37.3 Å². The molecule has 0 bridgehead atoms. The first-order valence-electron chi connectivity index (χ1n) is 5.26. The highest BCUT2D eigenvalue weighted by atomic mass is 35.5. The average molecular weight is 287 g/mol. The van der Waals surface area contributed by atoms with E-state index in [0.29, 0.717) is 5.03 Å². The summed E-state index contributed by atoms with van der Waals surface area (Å²) in [5.41, 5.74) is 1.05. The van der Waals surface area contributed by atoms with Gasteiger partial charge < -0.3 is 0 Å². The third-order valence-electron chi connectivity index (χ3n) is 2.24. The van der Waals surface area contributed by atoms with Gasteiger partial charge in [0, 0.05) is 4.90 Å². The van der Waals surface area contributed by atoms with E-state index in [2.05, 4.69) is 9.97 Å². The van der Waals surface area contributed by atoms with Crippen molar-refractivity contribution in [1.29, 1.82) is 10.5 Å². The normalized spacial score (nSPS) is 9.68. The predicted octanol–water partition coefficient (Wildman–Crippen LogP) is 3.33. The zero-order valence-corrected chi connectivity index (χ0v) is 11.5. The summed E-state index contributed by atoms with van der Waals surface area (Å²) in [7, 11) is 0. The van der Waals surface area contributed by atoms with Crippen LogP contribution in [-0.4, -0.2) is 9.97 Å². The third-order valence-corrected chi connectivity index (χ3v) is 3.58. The third kappa shape index (κ3) is 3.03. The zero-order valence-electron chi connectivity index (χ0n) is 9.88. The van der Waals surface area contributed by atoms with Crippen molar-refractivity contribution < 1.29 is 0 Å². The van der Waals surface area contributed by atoms with Crippen LogP contribution in [0.1, 0.15) is 17.0 Å². The molecule has 0 saturated heterocycles. The Bertz CT molecular complexity index is 716. The first kappa shape index (κ1) is 13.4. The maximum Gasteiger partial charge on any atom is 0.178 e. The van der Waals surface area contributed by atoms with Crippen molar-refractivity contribution in [1.82, 2.24) is 9.97 Å².